The highest BCUT2D eigenvalue weighted by molar-refractivity contribution is 5.98. The van der Waals surface area contributed by atoms with Gasteiger partial charge in [-0.25, -0.2) is 0 Å². The smallest absolute Gasteiger partial charge is 0.253 e. The minimum absolute atomic E-state index is 0.00668. The maximum atomic E-state index is 13.5. The minimum atomic E-state index is -0.566. The first-order valence-corrected chi connectivity index (χ1v) is 12.0. The van der Waals surface area contributed by atoms with Gasteiger partial charge in [0.05, 0.1) is 0 Å². The number of hydrogen-bond donors (Lipinski definition) is 1. The molecule has 6 heteroatoms. The molecular weight excluding hydrogens is 414 g/mol. The molecule has 2 heterocycles. The predicted octanol–water partition coefficient (Wildman–Crippen LogP) is 3.66. The number of benzene rings is 2. The molecule has 1 atom stereocenters. The van der Waals surface area contributed by atoms with Gasteiger partial charge in [-0.05, 0) is 68.7 Å². The molecule has 4 rings (SSSR count). The molecule has 0 unspecified atom stereocenters. The lowest BCUT2D eigenvalue weighted by atomic mass is 9.87. The predicted molar refractivity (Wildman–Crippen MR) is 128 cm³/mol. The fourth-order valence-corrected chi connectivity index (χ4v) is 4.94. The Morgan fingerprint density at radius 1 is 0.818 bits per heavy atom. The molecule has 1 N–H and O–H groups in total. The van der Waals surface area contributed by atoms with Crippen LogP contribution in [0.15, 0.2) is 54.6 Å². The number of nitrogens with zero attached hydrogens (tertiary/aromatic N) is 2. The van der Waals surface area contributed by atoms with E-state index in [4.69, 9.17) is 0 Å². The molecule has 33 heavy (non-hydrogen) atoms. The fourth-order valence-electron chi connectivity index (χ4n) is 4.94. The summed E-state index contributed by atoms with van der Waals surface area (Å²) in [4.78, 5) is 43.2. The van der Waals surface area contributed by atoms with E-state index in [-0.39, 0.29) is 23.6 Å². The summed E-state index contributed by atoms with van der Waals surface area (Å²) in [7, 11) is 0. The van der Waals surface area contributed by atoms with Gasteiger partial charge in [-0.2, -0.15) is 0 Å². The second-order valence-corrected chi connectivity index (χ2v) is 9.15. The first kappa shape index (κ1) is 23.0. The van der Waals surface area contributed by atoms with Gasteiger partial charge in [0.1, 0.15) is 6.04 Å². The average molecular weight is 448 g/mol. The van der Waals surface area contributed by atoms with Crippen molar-refractivity contribution in [1.29, 1.82) is 0 Å². The van der Waals surface area contributed by atoms with Crippen molar-refractivity contribution in [2.45, 2.75) is 45.1 Å². The molecule has 2 fully saturated rings. The van der Waals surface area contributed by atoms with Gasteiger partial charge < -0.3 is 15.1 Å². The number of likely N-dealkylation sites (tertiary alicyclic amines) is 2. The molecule has 6 nitrogen and oxygen atoms in total. The van der Waals surface area contributed by atoms with Gasteiger partial charge in [0, 0.05) is 37.3 Å². The molecule has 0 radical (unpaired) electrons. The summed E-state index contributed by atoms with van der Waals surface area (Å²) in [6, 6.07) is 16.2. The first-order chi connectivity index (χ1) is 16.0. The second kappa shape index (κ2) is 10.6. The molecule has 0 saturated carbocycles. The first-order valence-electron chi connectivity index (χ1n) is 12.0. The van der Waals surface area contributed by atoms with Crippen LogP contribution < -0.4 is 5.32 Å². The van der Waals surface area contributed by atoms with E-state index < -0.39 is 6.04 Å². The SMILES string of the molecule is Cc1ccccc1C(=O)N[C@@H](C(=O)N1CCCCC1)C1CCN(C(=O)c2ccccc2)CC1. The number of amides is 3. The summed E-state index contributed by atoms with van der Waals surface area (Å²) in [5.74, 6) is -0.153. The van der Waals surface area contributed by atoms with Gasteiger partial charge >= 0.3 is 0 Å². The number of rotatable bonds is 5. The lowest BCUT2D eigenvalue weighted by molar-refractivity contribution is -0.136. The molecule has 2 aromatic carbocycles. The van der Waals surface area contributed by atoms with Crippen LogP contribution in [-0.4, -0.2) is 59.7 Å². The third-order valence-electron chi connectivity index (χ3n) is 6.93. The van der Waals surface area contributed by atoms with Crippen molar-refractivity contribution in [2.24, 2.45) is 5.92 Å². The number of aryl methyl sites for hydroxylation is 1. The van der Waals surface area contributed by atoms with Crippen LogP contribution in [-0.2, 0) is 4.79 Å². The van der Waals surface area contributed by atoms with Crippen LogP contribution in [0.2, 0.25) is 0 Å². The molecule has 2 saturated heterocycles. The lowest BCUT2D eigenvalue weighted by Gasteiger charge is -2.38. The summed E-state index contributed by atoms with van der Waals surface area (Å²) >= 11 is 0. The molecule has 2 aliphatic heterocycles. The summed E-state index contributed by atoms with van der Waals surface area (Å²) in [5.41, 5.74) is 2.18. The second-order valence-electron chi connectivity index (χ2n) is 9.15. The Balaban J connectivity index is 1.47. The Labute approximate surface area is 196 Å². The van der Waals surface area contributed by atoms with E-state index in [1.807, 2.05) is 65.3 Å². The zero-order chi connectivity index (χ0) is 23.2. The van der Waals surface area contributed by atoms with Gasteiger partial charge in [-0.15, -0.1) is 0 Å². The maximum absolute atomic E-state index is 13.5. The molecular formula is C27H33N3O3. The third kappa shape index (κ3) is 5.44. The van der Waals surface area contributed by atoms with E-state index in [0.29, 0.717) is 37.1 Å². The largest absolute Gasteiger partial charge is 0.341 e. The van der Waals surface area contributed by atoms with Crippen LogP contribution >= 0.6 is 0 Å². The van der Waals surface area contributed by atoms with Crippen molar-refractivity contribution in [3.05, 3.63) is 71.3 Å². The van der Waals surface area contributed by atoms with Crippen LogP contribution in [0, 0.1) is 12.8 Å². The zero-order valence-corrected chi connectivity index (χ0v) is 19.3. The van der Waals surface area contributed by atoms with Crippen molar-refractivity contribution < 1.29 is 14.4 Å². The molecule has 2 aliphatic rings. The van der Waals surface area contributed by atoms with E-state index in [0.717, 1.165) is 37.9 Å². The molecule has 2 aromatic rings. The number of carbonyl (C=O) groups is 3. The van der Waals surface area contributed by atoms with Gasteiger partial charge in [0.25, 0.3) is 11.8 Å². The van der Waals surface area contributed by atoms with Gasteiger partial charge in [-0.3, -0.25) is 14.4 Å². The molecule has 0 bridgehead atoms. The highest BCUT2D eigenvalue weighted by Crippen LogP contribution is 2.25. The van der Waals surface area contributed by atoms with Crippen LogP contribution in [0.4, 0.5) is 0 Å². The maximum Gasteiger partial charge on any atom is 0.253 e. The molecule has 174 valence electrons. The van der Waals surface area contributed by atoms with Crippen molar-refractivity contribution in [3.8, 4) is 0 Å². The Morgan fingerprint density at radius 3 is 2.12 bits per heavy atom. The van der Waals surface area contributed by atoms with Crippen LogP contribution in [0.5, 0.6) is 0 Å². The number of carbonyl (C=O) groups excluding carboxylic acids is 3. The quantitative estimate of drug-likeness (QED) is 0.761. The Kier molecular flexibility index (Phi) is 7.43. The monoisotopic (exact) mass is 447 g/mol. The summed E-state index contributed by atoms with van der Waals surface area (Å²) in [6.07, 6.45) is 4.54. The molecule has 0 aromatic heterocycles. The zero-order valence-electron chi connectivity index (χ0n) is 19.3. The van der Waals surface area contributed by atoms with Gasteiger partial charge in [0.2, 0.25) is 5.91 Å². The van der Waals surface area contributed by atoms with Crippen molar-refractivity contribution in [1.82, 2.24) is 15.1 Å². The summed E-state index contributed by atoms with van der Waals surface area (Å²) < 4.78 is 0. The summed E-state index contributed by atoms with van der Waals surface area (Å²) in [6.45, 7) is 4.58. The standard InChI is InChI=1S/C27H33N3O3/c1-20-10-6-7-13-23(20)25(31)28-24(27(33)29-16-8-3-9-17-29)21-14-18-30(19-15-21)26(32)22-11-4-2-5-12-22/h2,4-7,10-13,21,24H,3,8-9,14-19H2,1H3,(H,28,31)/t24-/m1/s1. The third-order valence-corrected chi connectivity index (χ3v) is 6.93. The Bertz CT molecular complexity index is 977. The van der Waals surface area contributed by atoms with Crippen molar-refractivity contribution in [2.75, 3.05) is 26.2 Å². The van der Waals surface area contributed by atoms with E-state index >= 15 is 0 Å². The highest BCUT2D eigenvalue weighted by Gasteiger charge is 2.36. The average Bonchev–Trinajstić information content (AvgIpc) is 2.88. The lowest BCUT2D eigenvalue weighted by Crippen LogP contribution is -2.55. The van der Waals surface area contributed by atoms with E-state index in [2.05, 4.69) is 5.32 Å². The molecule has 0 aliphatic carbocycles. The number of hydrogen-bond acceptors (Lipinski definition) is 3. The van der Waals surface area contributed by atoms with Crippen LogP contribution in [0.25, 0.3) is 0 Å². The Morgan fingerprint density at radius 2 is 1.45 bits per heavy atom. The van der Waals surface area contributed by atoms with E-state index in [1.165, 1.54) is 0 Å². The summed E-state index contributed by atoms with van der Waals surface area (Å²) in [5, 5.41) is 3.08. The molecule has 3 amide bonds. The van der Waals surface area contributed by atoms with Crippen molar-refractivity contribution in [3.63, 3.8) is 0 Å². The normalized spacial score (nSPS) is 18.0. The van der Waals surface area contributed by atoms with Gasteiger partial charge in [-0.1, -0.05) is 36.4 Å². The van der Waals surface area contributed by atoms with Crippen LogP contribution in [0.1, 0.15) is 58.4 Å². The topological polar surface area (TPSA) is 69.7 Å². The number of piperidine rings is 2. The van der Waals surface area contributed by atoms with E-state index in [1.54, 1.807) is 6.07 Å². The Hall–Kier alpha value is -3.15. The van der Waals surface area contributed by atoms with E-state index in [9.17, 15) is 14.4 Å². The van der Waals surface area contributed by atoms with Gasteiger partial charge in [0.15, 0.2) is 0 Å². The van der Waals surface area contributed by atoms with Crippen LogP contribution in [0.3, 0.4) is 0 Å². The minimum Gasteiger partial charge on any atom is -0.341 e. The number of nitrogens with one attached hydrogen (secondary N) is 1. The fraction of sp³-hybridized carbons (Fsp3) is 0.444. The highest BCUT2D eigenvalue weighted by atomic mass is 16.2. The van der Waals surface area contributed by atoms with Crippen molar-refractivity contribution >= 4 is 17.7 Å². The molecule has 0 spiro atoms.